The number of aromatic nitrogens is 1. The molecule has 1 unspecified atom stereocenters. The van der Waals surface area contributed by atoms with Crippen molar-refractivity contribution < 1.29 is 17.5 Å². The van der Waals surface area contributed by atoms with E-state index in [9.17, 15) is 14.0 Å². The van der Waals surface area contributed by atoms with Gasteiger partial charge in [-0.2, -0.15) is 5.26 Å². The van der Waals surface area contributed by atoms with Gasteiger partial charge in [-0.15, -0.1) is 4.72 Å². The van der Waals surface area contributed by atoms with E-state index in [2.05, 4.69) is 36.1 Å². The van der Waals surface area contributed by atoms with E-state index >= 15 is 8.78 Å². The van der Waals surface area contributed by atoms with Crippen LogP contribution in [0.15, 0.2) is 15.0 Å². The SMILES string of the molecule is CC[Si](CC)(CC)c1cc(Br)nc([C@](CF)(C[S@@]2(=O)=NCCC[C@@]2(C)C#N)N[S+]([O-])C(C)(C)C)c1F. The number of nitrogens with one attached hydrogen (secondary N) is 1. The van der Waals surface area contributed by atoms with Crippen LogP contribution in [0.2, 0.25) is 18.1 Å². The number of halogens is 3. The summed E-state index contributed by atoms with van der Waals surface area (Å²) >= 11 is 1.55. The molecular formula is C24H39BrF2N4O2S2Si. The van der Waals surface area contributed by atoms with Crippen molar-refractivity contribution in [3.8, 4) is 6.07 Å². The van der Waals surface area contributed by atoms with Gasteiger partial charge in [-0.1, -0.05) is 38.9 Å². The van der Waals surface area contributed by atoms with Gasteiger partial charge in [0.2, 0.25) is 0 Å². The molecule has 1 aliphatic rings. The first-order valence-electron chi connectivity index (χ1n) is 12.4. The molecule has 4 atom stereocenters. The first-order chi connectivity index (χ1) is 16.6. The molecule has 1 aromatic rings. The van der Waals surface area contributed by atoms with E-state index in [4.69, 9.17) is 0 Å². The highest BCUT2D eigenvalue weighted by atomic mass is 79.9. The van der Waals surface area contributed by atoms with Crippen molar-refractivity contribution in [2.45, 2.75) is 94.5 Å². The van der Waals surface area contributed by atoms with Gasteiger partial charge in [0.05, 0.1) is 29.6 Å². The molecular weight excluding hydrogens is 586 g/mol. The summed E-state index contributed by atoms with van der Waals surface area (Å²) in [5.41, 5.74) is -2.27. The van der Waals surface area contributed by atoms with Crippen LogP contribution in [-0.2, 0) is 26.6 Å². The molecule has 1 N–H and O–H groups in total. The maximum Gasteiger partial charge on any atom is 0.149 e. The highest BCUT2D eigenvalue weighted by Crippen LogP contribution is 2.37. The molecule has 2 heterocycles. The quantitative estimate of drug-likeness (QED) is 0.212. The van der Waals surface area contributed by atoms with Gasteiger partial charge in [0.1, 0.15) is 37.8 Å². The van der Waals surface area contributed by atoms with Crippen LogP contribution in [-0.4, -0.2) is 50.3 Å². The lowest BCUT2D eigenvalue weighted by molar-refractivity contribution is 0.292. The van der Waals surface area contributed by atoms with Gasteiger partial charge in [0.15, 0.2) is 0 Å². The van der Waals surface area contributed by atoms with E-state index < -0.39 is 62.4 Å². The highest BCUT2D eigenvalue weighted by molar-refractivity contribution is 9.10. The van der Waals surface area contributed by atoms with Crippen LogP contribution >= 0.6 is 15.9 Å². The van der Waals surface area contributed by atoms with E-state index in [0.717, 1.165) is 18.1 Å². The molecule has 0 fully saturated rings. The van der Waals surface area contributed by atoms with Gasteiger partial charge < -0.3 is 4.55 Å². The lowest BCUT2D eigenvalue weighted by Gasteiger charge is -2.40. The number of hydrogen-bond donors (Lipinski definition) is 1. The van der Waals surface area contributed by atoms with Crippen molar-refractivity contribution in [1.29, 1.82) is 5.26 Å². The second-order valence-electron chi connectivity index (χ2n) is 10.8. The predicted molar refractivity (Wildman–Crippen MR) is 151 cm³/mol. The number of pyridine rings is 1. The summed E-state index contributed by atoms with van der Waals surface area (Å²) < 4.78 is 64.8. The number of nitriles is 1. The van der Waals surface area contributed by atoms with Crippen LogP contribution in [0.5, 0.6) is 0 Å². The Morgan fingerprint density at radius 3 is 2.39 bits per heavy atom. The Labute approximate surface area is 228 Å². The Morgan fingerprint density at radius 2 is 1.92 bits per heavy atom. The summed E-state index contributed by atoms with van der Waals surface area (Å²) in [7, 11) is -5.66. The molecule has 0 aliphatic carbocycles. The molecule has 36 heavy (non-hydrogen) atoms. The first kappa shape index (κ1) is 31.6. The van der Waals surface area contributed by atoms with Gasteiger partial charge in [-0.05, 0) is 67.7 Å². The smallest absolute Gasteiger partial charge is 0.149 e. The molecule has 2 rings (SSSR count). The van der Waals surface area contributed by atoms with E-state index in [1.165, 1.54) is 0 Å². The molecule has 0 spiro atoms. The molecule has 0 bridgehead atoms. The monoisotopic (exact) mass is 624 g/mol. The summed E-state index contributed by atoms with van der Waals surface area (Å²) in [6.07, 6.45) is 0.907. The molecule has 0 saturated carbocycles. The highest BCUT2D eigenvalue weighted by Gasteiger charge is 2.52. The van der Waals surface area contributed by atoms with Crippen molar-refractivity contribution in [2.24, 2.45) is 4.36 Å². The minimum absolute atomic E-state index is 0.261. The Hall–Kier alpha value is -0.583. The van der Waals surface area contributed by atoms with Gasteiger partial charge in [0.25, 0.3) is 0 Å². The number of hydrogen-bond acceptors (Lipinski definition) is 6. The zero-order chi connectivity index (χ0) is 27.6. The van der Waals surface area contributed by atoms with Crippen LogP contribution in [0.3, 0.4) is 0 Å². The summed E-state index contributed by atoms with van der Waals surface area (Å²) in [4.78, 5) is 4.38. The molecule has 1 aliphatic heterocycles. The Balaban J connectivity index is 2.92. The molecule has 12 heteroatoms. The normalized spacial score (nSPS) is 25.5. The lowest BCUT2D eigenvalue weighted by atomic mass is 9.99. The van der Waals surface area contributed by atoms with Gasteiger partial charge in [0, 0.05) is 17.9 Å². The second-order valence-corrected chi connectivity index (χ2v) is 21.5. The van der Waals surface area contributed by atoms with Crippen LogP contribution in [0.25, 0.3) is 0 Å². The van der Waals surface area contributed by atoms with Crippen LogP contribution in [0.1, 0.15) is 67.0 Å². The third kappa shape index (κ3) is 5.86. The number of rotatable bonds is 10. The Bertz CT molecular complexity index is 1110. The molecule has 1 aromatic heterocycles. The molecule has 0 aromatic carbocycles. The maximum atomic E-state index is 16.5. The number of nitrogens with zero attached hydrogens (tertiary/aromatic N) is 3. The predicted octanol–water partition coefficient (Wildman–Crippen LogP) is 5.46. The summed E-state index contributed by atoms with van der Waals surface area (Å²) in [6, 6.07) is 6.17. The largest absolute Gasteiger partial charge is 0.598 e. The van der Waals surface area contributed by atoms with E-state index in [1.54, 1.807) is 33.8 Å². The van der Waals surface area contributed by atoms with Gasteiger partial charge >= 0.3 is 0 Å². The fourth-order valence-electron chi connectivity index (χ4n) is 4.72. The van der Waals surface area contributed by atoms with Gasteiger partial charge in [-0.3, -0.25) is 0 Å². The standard InChI is InChI=1S/C24H39BrF2N4O2S2Si/c1-8-36(9-2,10-3)18-14-19(25)30-21(20(18)27)24(15-26,31-34(32)22(4,5)6)17-35(33)23(7,16-28)12-11-13-29-35/h14,31H,8-13,15,17H2,1-7H3/t23-,24-,34?,35-/m0/s1. The second kappa shape index (κ2) is 11.7. The minimum atomic E-state index is -3.37. The third-order valence-electron chi connectivity index (χ3n) is 7.55. The van der Waals surface area contributed by atoms with Crippen LogP contribution in [0.4, 0.5) is 8.78 Å². The molecule has 204 valence electrons. The summed E-state index contributed by atoms with van der Waals surface area (Å²) in [5, 5.41) is 10.4. The zero-order valence-electron chi connectivity index (χ0n) is 22.3. The molecule has 6 nitrogen and oxygen atoms in total. The van der Waals surface area contributed by atoms with Crippen molar-refractivity contribution in [3.05, 3.63) is 22.2 Å². The summed E-state index contributed by atoms with van der Waals surface area (Å²) in [6.45, 7) is 11.8. The van der Waals surface area contributed by atoms with E-state index in [-0.39, 0.29) is 12.2 Å². The average Bonchev–Trinajstić information content (AvgIpc) is 2.83. The molecule has 0 saturated heterocycles. The fraction of sp³-hybridized carbons (Fsp3) is 0.750. The van der Waals surface area contributed by atoms with Crippen LogP contribution in [0, 0.1) is 17.1 Å². The molecule has 0 amide bonds. The van der Waals surface area contributed by atoms with E-state index in [1.807, 2.05) is 20.8 Å². The van der Waals surface area contributed by atoms with Crippen molar-refractivity contribution in [3.63, 3.8) is 0 Å². The summed E-state index contributed by atoms with van der Waals surface area (Å²) in [5.74, 6) is -1.16. The average molecular weight is 626 g/mol. The topological polar surface area (TPSA) is 101 Å². The van der Waals surface area contributed by atoms with Crippen LogP contribution < -0.4 is 9.91 Å². The third-order valence-corrected chi connectivity index (χ3v) is 18.4. The van der Waals surface area contributed by atoms with Crippen molar-refractivity contribution in [1.82, 2.24) is 9.71 Å². The van der Waals surface area contributed by atoms with E-state index in [0.29, 0.717) is 22.6 Å². The lowest BCUT2D eigenvalue weighted by Crippen LogP contribution is -2.60. The first-order valence-corrected chi connectivity index (χ1v) is 18.6. The Morgan fingerprint density at radius 1 is 1.33 bits per heavy atom. The number of alkyl halides is 1. The van der Waals surface area contributed by atoms with Crippen molar-refractivity contribution >= 4 is 50.3 Å². The molecule has 0 radical (unpaired) electrons. The zero-order valence-corrected chi connectivity index (χ0v) is 26.6. The van der Waals surface area contributed by atoms with Gasteiger partial charge in [-0.25, -0.2) is 22.3 Å². The Kier molecular flexibility index (Phi) is 10.2. The fourth-order valence-corrected chi connectivity index (χ4v) is 12.7. The minimum Gasteiger partial charge on any atom is -0.598 e. The van der Waals surface area contributed by atoms with Crippen molar-refractivity contribution in [2.75, 3.05) is 19.0 Å². The maximum absolute atomic E-state index is 16.5.